The van der Waals surface area contributed by atoms with Gasteiger partial charge in [-0.3, -0.25) is 9.59 Å². The third kappa shape index (κ3) is 3.10. The van der Waals surface area contributed by atoms with Gasteiger partial charge in [-0.1, -0.05) is 15.9 Å². The van der Waals surface area contributed by atoms with Crippen LogP contribution in [0.4, 0.5) is 5.69 Å². The topological polar surface area (TPSA) is 55.4 Å². The van der Waals surface area contributed by atoms with Crippen LogP contribution in [0.15, 0.2) is 28.7 Å². The fourth-order valence-corrected chi connectivity index (χ4v) is 5.64. The van der Waals surface area contributed by atoms with Gasteiger partial charge in [0.2, 0.25) is 0 Å². The molecule has 1 amide bonds. The van der Waals surface area contributed by atoms with Gasteiger partial charge < -0.3 is 10.1 Å². The number of ether oxygens (including phenoxy) is 1. The molecule has 0 aliphatic heterocycles. The Labute approximate surface area is 150 Å². The number of carbonyl (C=O) groups excluding carboxylic acids is 2. The smallest absolute Gasteiger partial charge is 0.312 e. The summed E-state index contributed by atoms with van der Waals surface area (Å²) in [6.45, 7) is -0.198. The van der Waals surface area contributed by atoms with Crippen LogP contribution in [0.1, 0.15) is 38.5 Å². The minimum atomic E-state index is -0.299. The fraction of sp³-hybridized carbons (Fsp3) is 0.579. The quantitative estimate of drug-likeness (QED) is 0.784. The van der Waals surface area contributed by atoms with E-state index in [1.807, 2.05) is 24.3 Å². The van der Waals surface area contributed by atoms with Gasteiger partial charge in [-0.05, 0) is 80.5 Å². The lowest BCUT2D eigenvalue weighted by Gasteiger charge is -2.55. The molecule has 4 aliphatic carbocycles. The number of hydrogen-bond acceptors (Lipinski definition) is 3. The molecule has 0 radical (unpaired) electrons. The molecule has 0 saturated heterocycles. The molecule has 24 heavy (non-hydrogen) atoms. The van der Waals surface area contributed by atoms with E-state index in [2.05, 4.69) is 21.2 Å². The molecule has 0 spiro atoms. The number of hydrogen-bond donors (Lipinski definition) is 1. The normalized spacial score (nSPS) is 33.3. The van der Waals surface area contributed by atoms with Crippen LogP contribution in [0.3, 0.4) is 0 Å². The maximum atomic E-state index is 12.7. The number of amides is 1. The fourth-order valence-electron chi connectivity index (χ4n) is 5.38. The summed E-state index contributed by atoms with van der Waals surface area (Å²) in [6.07, 6.45) is 6.76. The van der Waals surface area contributed by atoms with Gasteiger partial charge in [0.15, 0.2) is 6.61 Å². The molecule has 4 nitrogen and oxygen atoms in total. The predicted octanol–water partition coefficient (Wildman–Crippen LogP) is 4.15. The largest absolute Gasteiger partial charge is 0.455 e. The second kappa shape index (κ2) is 6.17. The van der Waals surface area contributed by atoms with Gasteiger partial charge in [0.1, 0.15) is 0 Å². The van der Waals surface area contributed by atoms with E-state index in [0.717, 1.165) is 23.7 Å². The molecule has 0 unspecified atom stereocenters. The van der Waals surface area contributed by atoms with E-state index in [1.165, 1.54) is 19.3 Å². The highest BCUT2D eigenvalue weighted by Crippen LogP contribution is 2.60. The minimum absolute atomic E-state index is 0.146. The van der Waals surface area contributed by atoms with Gasteiger partial charge in [-0.25, -0.2) is 0 Å². The van der Waals surface area contributed by atoms with Crippen molar-refractivity contribution >= 4 is 33.5 Å². The number of rotatable bonds is 4. The first-order chi connectivity index (χ1) is 11.5. The Hall–Kier alpha value is -1.36. The Morgan fingerprint density at radius 3 is 2.12 bits per heavy atom. The average molecular weight is 392 g/mol. The second-order valence-corrected chi connectivity index (χ2v) is 8.74. The van der Waals surface area contributed by atoms with Crippen LogP contribution >= 0.6 is 15.9 Å². The highest BCUT2D eigenvalue weighted by Gasteiger charge is 2.55. The van der Waals surface area contributed by atoms with Crippen molar-refractivity contribution in [3.63, 3.8) is 0 Å². The number of nitrogens with one attached hydrogen (secondary N) is 1. The van der Waals surface area contributed by atoms with Gasteiger partial charge in [0, 0.05) is 10.2 Å². The van der Waals surface area contributed by atoms with Crippen molar-refractivity contribution in [1.82, 2.24) is 0 Å². The summed E-state index contributed by atoms with van der Waals surface area (Å²) in [5.41, 5.74) is 0.404. The van der Waals surface area contributed by atoms with E-state index in [-0.39, 0.29) is 23.9 Å². The maximum Gasteiger partial charge on any atom is 0.312 e. The number of benzene rings is 1. The van der Waals surface area contributed by atoms with Crippen molar-refractivity contribution < 1.29 is 14.3 Å². The van der Waals surface area contributed by atoms with Gasteiger partial charge in [0.05, 0.1) is 5.41 Å². The lowest BCUT2D eigenvalue weighted by molar-refractivity contribution is -0.172. The minimum Gasteiger partial charge on any atom is -0.455 e. The van der Waals surface area contributed by atoms with E-state index >= 15 is 0 Å². The highest BCUT2D eigenvalue weighted by molar-refractivity contribution is 9.10. The highest BCUT2D eigenvalue weighted by atomic mass is 79.9. The molecular weight excluding hydrogens is 370 g/mol. The van der Waals surface area contributed by atoms with Crippen molar-refractivity contribution in [2.75, 3.05) is 11.9 Å². The lowest BCUT2D eigenvalue weighted by Crippen LogP contribution is -2.50. The number of anilines is 1. The zero-order valence-corrected chi connectivity index (χ0v) is 15.2. The predicted molar refractivity (Wildman–Crippen MR) is 94.3 cm³/mol. The van der Waals surface area contributed by atoms with Crippen molar-refractivity contribution in [2.24, 2.45) is 23.2 Å². The molecule has 4 aliphatic rings. The summed E-state index contributed by atoms with van der Waals surface area (Å²) in [5.74, 6) is 1.66. The van der Waals surface area contributed by atoms with Crippen LogP contribution < -0.4 is 5.32 Å². The lowest BCUT2D eigenvalue weighted by atomic mass is 9.49. The number of esters is 1. The molecule has 0 heterocycles. The molecule has 1 N–H and O–H groups in total. The second-order valence-electron chi connectivity index (χ2n) is 7.83. The Bertz CT molecular complexity index is 620. The van der Waals surface area contributed by atoms with E-state index < -0.39 is 0 Å². The molecular formula is C19H22BrNO3. The Morgan fingerprint density at radius 2 is 1.58 bits per heavy atom. The molecule has 4 fully saturated rings. The average Bonchev–Trinajstić information content (AvgIpc) is 2.53. The first-order valence-corrected chi connectivity index (χ1v) is 9.54. The molecule has 4 bridgehead atoms. The van der Waals surface area contributed by atoms with Crippen molar-refractivity contribution in [1.29, 1.82) is 0 Å². The zero-order chi connectivity index (χ0) is 16.7. The number of halogens is 1. The zero-order valence-electron chi connectivity index (χ0n) is 13.6. The molecule has 5 rings (SSSR count). The van der Waals surface area contributed by atoms with Crippen LogP contribution in [0.2, 0.25) is 0 Å². The third-order valence-electron chi connectivity index (χ3n) is 5.93. The van der Waals surface area contributed by atoms with Crippen LogP contribution in [0, 0.1) is 23.2 Å². The van der Waals surface area contributed by atoms with Crippen molar-refractivity contribution in [2.45, 2.75) is 38.5 Å². The maximum absolute atomic E-state index is 12.7. The summed E-state index contributed by atoms with van der Waals surface area (Å²) in [4.78, 5) is 24.7. The van der Waals surface area contributed by atoms with Crippen LogP contribution in [-0.4, -0.2) is 18.5 Å². The van der Waals surface area contributed by atoms with Gasteiger partial charge in [-0.15, -0.1) is 0 Å². The summed E-state index contributed by atoms with van der Waals surface area (Å²) < 4.78 is 6.38. The van der Waals surface area contributed by atoms with E-state index in [4.69, 9.17) is 4.74 Å². The molecule has 1 aromatic rings. The van der Waals surface area contributed by atoms with Crippen molar-refractivity contribution in [3.05, 3.63) is 28.7 Å². The monoisotopic (exact) mass is 391 g/mol. The van der Waals surface area contributed by atoms with Crippen LogP contribution in [0.5, 0.6) is 0 Å². The Morgan fingerprint density at radius 1 is 1.04 bits per heavy atom. The molecule has 0 aromatic heterocycles. The Balaban J connectivity index is 1.33. The summed E-state index contributed by atoms with van der Waals surface area (Å²) >= 11 is 3.36. The van der Waals surface area contributed by atoms with Gasteiger partial charge in [-0.2, -0.15) is 0 Å². The molecule has 128 valence electrons. The van der Waals surface area contributed by atoms with E-state index in [0.29, 0.717) is 23.4 Å². The van der Waals surface area contributed by atoms with Crippen LogP contribution in [0.25, 0.3) is 0 Å². The Kier molecular flexibility index (Phi) is 4.15. The first-order valence-electron chi connectivity index (χ1n) is 8.75. The molecule has 1 aromatic carbocycles. The molecule has 5 heteroatoms. The third-order valence-corrected chi connectivity index (χ3v) is 6.46. The summed E-state index contributed by atoms with van der Waals surface area (Å²) in [7, 11) is 0. The molecule has 0 atom stereocenters. The van der Waals surface area contributed by atoms with E-state index in [1.54, 1.807) is 0 Å². The molecule has 4 saturated carbocycles. The SMILES string of the molecule is O=C(COC(=O)C12CC3CC(CC(C3)C1)C2)Nc1ccc(Br)cc1. The standard InChI is InChI=1S/C19H22BrNO3/c20-15-1-3-16(4-2-15)21-17(22)11-24-18(23)19-8-12-5-13(9-19)7-14(6-12)10-19/h1-4,12-14H,5-11H2,(H,21,22). The van der Waals surface area contributed by atoms with Gasteiger partial charge in [0.25, 0.3) is 5.91 Å². The summed E-state index contributed by atoms with van der Waals surface area (Å²) in [5, 5.41) is 2.76. The van der Waals surface area contributed by atoms with Crippen LogP contribution in [-0.2, 0) is 14.3 Å². The summed E-state index contributed by atoms with van der Waals surface area (Å²) in [6, 6.07) is 7.33. The first kappa shape index (κ1) is 16.1. The van der Waals surface area contributed by atoms with E-state index in [9.17, 15) is 9.59 Å². The van der Waals surface area contributed by atoms with Crippen molar-refractivity contribution in [3.8, 4) is 0 Å². The number of carbonyl (C=O) groups is 2. The van der Waals surface area contributed by atoms with Gasteiger partial charge >= 0.3 is 5.97 Å².